The van der Waals surface area contributed by atoms with Gasteiger partial charge in [-0.25, -0.2) is 0 Å². The summed E-state index contributed by atoms with van der Waals surface area (Å²) in [5, 5.41) is 12.6. The van der Waals surface area contributed by atoms with Crippen LogP contribution in [0, 0.1) is 0 Å². The molecule has 0 saturated carbocycles. The van der Waals surface area contributed by atoms with Gasteiger partial charge in [-0.05, 0) is 42.7 Å². The molecule has 0 saturated heterocycles. The molecule has 1 heterocycles. The third-order valence-electron chi connectivity index (χ3n) is 4.03. The van der Waals surface area contributed by atoms with E-state index in [1.54, 1.807) is 0 Å². The monoisotopic (exact) mass is 299 g/mol. The molecule has 2 N–H and O–H groups in total. The SMILES string of the molecule is CC(C)(NCc1ccc(CO)cc1)c1ccc2c(c1)OCO2. The van der Waals surface area contributed by atoms with Crippen molar-refractivity contribution in [2.24, 2.45) is 0 Å². The summed E-state index contributed by atoms with van der Waals surface area (Å²) in [7, 11) is 0. The molecular formula is C18H21NO3. The Morgan fingerprint density at radius 1 is 1.00 bits per heavy atom. The lowest BCUT2D eigenvalue weighted by atomic mass is 9.93. The molecule has 0 bridgehead atoms. The molecule has 4 nitrogen and oxygen atoms in total. The van der Waals surface area contributed by atoms with Crippen LogP contribution in [0.2, 0.25) is 0 Å². The molecule has 0 aliphatic carbocycles. The summed E-state index contributed by atoms with van der Waals surface area (Å²) in [5.41, 5.74) is 3.09. The molecule has 0 amide bonds. The Morgan fingerprint density at radius 3 is 2.41 bits per heavy atom. The zero-order valence-electron chi connectivity index (χ0n) is 12.9. The Labute approximate surface area is 130 Å². The van der Waals surface area contributed by atoms with E-state index in [9.17, 15) is 0 Å². The number of aliphatic hydroxyl groups is 1. The molecule has 0 aromatic heterocycles. The summed E-state index contributed by atoms with van der Waals surface area (Å²) in [6.07, 6.45) is 0. The van der Waals surface area contributed by atoms with Crippen LogP contribution in [-0.2, 0) is 18.7 Å². The zero-order chi connectivity index (χ0) is 15.6. The third-order valence-corrected chi connectivity index (χ3v) is 4.03. The van der Waals surface area contributed by atoms with Crippen LogP contribution in [0.15, 0.2) is 42.5 Å². The fourth-order valence-electron chi connectivity index (χ4n) is 2.47. The van der Waals surface area contributed by atoms with Gasteiger partial charge in [0.05, 0.1) is 6.61 Å². The van der Waals surface area contributed by atoms with E-state index in [-0.39, 0.29) is 12.1 Å². The van der Waals surface area contributed by atoms with E-state index in [0.717, 1.165) is 29.2 Å². The smallest absolute Gasteiger partial charge is 0.231 e. The van der Waals surface area contributed by atoms with Crippen LogP contribution in [0.1, 0.15) is 30.5 Å². The molecule has 2 aromatic rings. The van der Waals surface area contributed by atoms with Crippen LogP contribution in [0.4, 0.5) is 0 Å². The highest BCUT2D eigenvalue weighted by atomic mass is 16.7. The first-order chi connectivity index (χ1) is 10.6. The van der Waals surface area contributed by atoms with Crippen molar-refractivity contribution in [2.45, 2.75) is 32.5 Å². The molecule has 0 radical (unpaired) electrons. The molecule has 1 aliphatic rings. The Bertz CT molecular complexity index is 650. The number of hydrogen-bond acceptors (Lipinski definition) is 4. The van der Waals surface area contributed by atoms with Crippen LogP contribution in [-0.4, -0.2) is 11.9 Å². The van der Waals surface area contributed by atoms with E-state index in [1.165, 1.54) is 5.56 Å². The summed E-state index contributed by atoms with van der Waals surface area (Å²) in [6, 6.07) is 14.0. The maximum Gasteiger partial charge on any atom is 0.231 e. The summed E-state index contributed by atoms with van der Waals surface area (Å²) in [6.45, 7) is 5.42. The number of nitrogens with one attached hydrogen (secondary N) is 1. The number of benzene rings is 2. The van der Waals surface area contributed by atoms with Crippen LogP contribution in [0.25, 0.3) is 0 Å². The van der Waals surface area contributed by atoms with Gasteiger partial charge in [-0.2, -0.15) is 0 Å². The van der Waals surface area contributed by atoms with E-state index >= 15 is 0 Å². The molecule has 116 valence electrons. The van der Waals surface area contributed by atoms with Gasteiger partial charge < -0.3 is 19.9 Å². The summed E-state index contributed by atoms with van der Waals surface area (Å²) >= 11 is 0. The van der Waals surface area contributed by atoms with Gasteiger partial charge in [0.2, 0.25) is 6.79 Å². The molecule has 1 aliphatic heterocycles. The van der Waals surface area contributed by atoms with Crippen molar-refractivity contribution in [1.29, 1.82) is 0 Å². The van der Waals surface area contributed by atoms with E-state index < -0.39 is 0 Å². The molecule has 2 aromatic carbocycles. The molecule has 0 atom stereocenters. The van der Waals surface area contributed by atoms with Gasteiger partial charge in [0.15, 0.2) is 11.5 Å². The summed E-state index contributed by atoms with van der Waals surface area (Å²) in [4.78, 5) is 0. The van der Waals surface area contributed by atoms with Crippen molar-refractivity contribution in [1.82, 2.24) is 5.32 Å². The quantitative estimate of drug-likeness (QED) is 0.891. The van der Waals surface area contributed by atoms with E-state index in [2.05, 4.69) is 25.2 Å². The molecular weight excluding hydrogens is 278 g/mol. The molecule has 4 heteroatoms. The van der Waals surface area contributed by atoms with Crippen LogP contribution < -0.4 is 14.8 Å². The molecule has 0 unspecified atom stereocenters. The molecule has 3 rings (SSSR count). The lowest BCUT2D eigenvalue weighted by molar-refractivity contribution is 0.174. The van der Waals surface area contributed by atoms with E-state index in [0.29, 0.717) is 6.79 Å². The fraction of sp³-hybridized carbons (Fsp3) is 0.333. The number of ether oxygens (including phenoxy) is 2. The standard InChI is InChI=1S/C18H21NO3/c1-18(2,15-7-8-16-17(9-15)22-12-21-16)19-10-13-3-5-14(11-20)6-4-13/h3-9,19-20H,10-12H2,1-2H3. The Hall–Kier alpha value is -2.04. The minimum absolute atomic E-state index is 0.0798. The van der Waals surface area contributed by atoms with Gasteiger partial charge in [0.25, 0.3) is 0 Å². The van der Waals surface area contributed by atoms with Gasteiger partial charge in [0, 0.05) is 12.1 Å². The van der Waals surface area contributed by atoms with Crippen LogP contribution in [0.5, 0.6) is 11.5 Å². The first-order valence-electron chi connectivity index (χ1n) is 7.42. The highest BCUT2D eigenvalue weighted by molar-refractivity contribution is 5.46. The van der Waals surface area contributed by atoms with Crippen molar-refractivity contribution in [3.8, 4) is 11.5 Å². The van der Waals surface area contributed by atoms with Crippen LogP contribution >= 0.6 is 0 Å². The lowest BCUT2D eigenvalue weighted by Crippen LogP contribution is -2.35. The van der Waals surface area contributed by atoms with Crippen molar-refractivity contribution in [2.75, 3.05) is 6.79 Å². The third kappa shape index (κ3) is 3.08. The average Bonchev–Trinajstić information content (AvgIpc) is 3.01. The van der Waals surface area contributed by atoms with Crippen molar-refractivity contribution in [3.05, 3.63) is 59.2 Å². The van der Waals surface area contributed by atoms with Gasteiger partial charge in [-0.1, -0.05) is 30.3 Å². The number of rotatable bonds is 5. The lowest BCUT2D eigenvalue weighted by Gasteiger charge is -2.27. The molecule has 22 heavy (non-hydrogen) atoms. The number of hydrogen-bond donors (Lipinski definition) is 2. The Morgan fingerprint density at radius 2 is 1.68 bits per heavy atom. The van der Waals surface area contributed by atoms with Gasteiger partial charge in [-0.15, -0.1) is 0 Å². The maximum absolute atomic E-state index is 9.08. The summed E-state index contributed by atoms with van der Waals surface area (Å²) < 4.78 is 10.8. The summed E-state index contributed by atoms with van der Waals surface area (Å²) in [5.74, 6) is 1.61. The van der Waals surface area contributed by atoms with Gasteiger partial charge in [-0.3, -0.25) is 0 Å². The van der Waals surface area contributed by atoms with Crippen molar-refractivity contribution >= 4 is 0 Å². The number of fused-ring (bicyclic) bond motifs is 1. The predicted molar refractivity (Wildman–Crippen MR) is 84.8 cm³/mol. The zero-order valence-corrected chi connectivity index (χ0v) is 12.9. The first-order valence-corrected chi connectivity index (χ1v) is 7.42. The van der Waals surface area contributed by atoms with Gasteiger partial charge in [0.1, 0.15) is 0 Å². The first kappa shape index (κ1) is 14.9. The van der Waals surface area contributed by atoms with Gasteiger partial charge >= 0.3 is 0 Å². The predicted octanol–water partition coefficient (Wildman–Crippen LogP) is 2.93. The van der Waals surface area contributed by atoms with Crippen molar-refractivity contribution < 1.29 is 14.6 Å². The second-order valence-electron chi connectivity index (χ2n) is 6.02. The Kier molecular flexibility index (Phi) is 4.05. The fourth-order valence-corrected chi connectivity index (χ4v) is 2.47. The maximum atomic E-state index is 9.08. The second kappa shape index (κ2) is 5.99. The largest absolute Gasteiger partial charge is 0.454 e. The molecule has 0 fully saturated rings. The minimum Gasteiger partial charge on any atom is -0.454 e. The topological polar surface area (TPSA) is 50.7 Å². The molecule has 0 spiro atoms. The minimum atomic E-state index is -0.184. The van der Waals surface area contributed by atoms with E-state index in [1.807, 2.05) is 36.4 Å². The Balaban J connectivity index is 1.69. The normalized spacial score (nSPS) is 13.4. The highest BCUT2D eigenvalue weighted by Gasteiger charge is 2.23. The average molecular weight is 299 g/mol. The highest BCUT2D eigenvalue weighted by Crippen LogP contribution is 2.35. The van der Waals surface area contributed by atoms with E-state index in [4.69, 9.17) is 14.6 Å². The number of aliphatic hydroxyl groups excluding tert-OH is 1. The van der Waals surface area contributed by atoms with Crippen LogP contribution in [0.3, 0.4) is 0 Å². The second-order valence-corrected chi connectivity index (χ2v) is 6.02. The van der Waals surface area contributed by atoms with Crippen molar-refractivity contribution in [3.63, 3.8) is 0 Å².